The van der Waals surface area contributed by atoms with Crippen LogP contribution in [0.3, 0.4) is 0 Å². The van der Waals surface area contributed by atoms with Crippen molar-refractivity contribution in [3.63, 3.8) is 0 Å². The first-order valence-corrected chi connectivity index (χ1v) is 5.51. The minimum atomic E-state index is 0.256. The molecule has 0 saturated heterocycles. The Kier molecular flexibility index (Phi) is 2.46. The molecule has 0 aromatic carbocycles. The second-order valence-corrected chi connectivity index (χ2v) is 6.54. The maximum atomic E-state index is 4.20. The minimum Gasteiger partial charge on any atom is -0.0949 e. The second-order valence-electron chi connectivity index (χ2n) is 6.54. The van der Waals surface area contributed by atoms with Gasteiger partial charge in [-0.05, 0) is 22.0 Å². The van der Waals surface area contributed by atoms with Crippen LogP contribution in [0.25, 0.3) is 0 Å². The van der Waals surface area contributed by atoms with Crippen LogP contribution in [0.2, 0.25) is 0 Å². The van der Waals surface area contributed by atoms with E-state index < -0.39 is 0 Å². The zero-order chi connectivity index (χ0) is 11.3. The Labute approximate surface area is 89.1 Å². The first kappa shape index (κ1) is 11.6. The van der Waals surface area contributed by atoms with Crippen molar-refractivity contribution in [1.82, 2.24) is 0 Å². The van der Waals surface area contributed by atoms with E-state index in [4.69, 9.17) is 0 Å². The van der Waals surface area contributed by atoms with Crippen molar-refractivity contribution < 1.29 is 0 Å². The minimum absolute atomic E-state index is 0.256. The smallest absolute Gasteiger partial charge is 0.00282 e. The van der Waals surface area contributed by atoms with Gasteiger partial charge in [0, 0.05) is 5.92 Å². The van der Waals surface area contributed by atoms with Gasteiger partial charge < -0.3 is 0 Å². The lowest BCUT2D eigenvalue weighted by Gasteiger charge is -2.46. The summed E-state index contributed by atoms with van der Waals surface area (Å²) in [5.41, 5.74) is 5.02. The predicted molar refractivity (Wildman–Crippen MR) is 64.2 cm³/mol. The average Bonchev–Trinajstić information content (AvgIpc) is 1.93. The number of hydrogen-bond donors (Lipinski definition) is 0. The van der Waals surface area contributed by atoms with Crippen LogP contribution in [0.1, 0.15) is 48.5 Å². The molecule has 0 nitrogen and oxygen atoms in total. The molecule has 0 aliphatic heterocycles. The maximum absolute atomic E-state index is 4.20. The van der Waals surface area contributed by atoms with Crippen molar-refractivity contribution in [1.29, 1.82) is 0 Å². The zero-order valence-electron chi connectivity index (χ0n) is 10.8. The number of rotatable bonds is 0. The molecule has 14 heavy (non-hydrogen) atoms. The van der Waals surface area contributed by atoms with Crippen molar-refractivity contribution in [2.24, 2.45) is 16.7 Å². The third-order valence-electron chi connectivity index (χ3n) is 3.10. The molecular formula is C14H24. The van der Waals surface area contributed by atoms with E-state index in [2.05, 4.69) is 55.0 Å². The van der Waals surface area contributed by atoms with E-state index in [1.54, 1.807) is 5.57 Å². The summed E-state index contributed by atoms with van der Waals surface area (Å²) in [5, 5.41) is 0. The highest BCUT2D eigenvalue weighted by Gasteiger charge is 2.41. The van der Waals surface area contributed by atoms with Crippen LogP contribution in [-0.2, 0) is 0 Å². The van der Waals surface area contributed by atoms with Gasteiger partial charge in [-0.1, -0.05) is 60.6 Å². The molecule has 0 heteroatoms. The Morgan fingerprint density at radius 3 is 1.57 bits per heavy atom. The Hall–Kier alpha value is -0.520. The second kappa shape index (κ2) is 2.98. The van der Waals surface area contributed by atoms with E-state index >= 15 is 0 Å². The average molecular weight is 192 g/mol. The molecule has 1 aliphatic rings. The summed E-state index contributed by atoms with van der Waals surface area (Å²) in [7, 11) is 0. The molecule has 0 heterocycles. The molecule has 0 aromatic rings. The third kappa shape index (κ3) is 1.67. The molecule has 0 bridgehead atoms. The zero-order valence-corrected chi connectivity index (χ0v) is 10.8. The summed E-state index contributed by atoms with van der Waals surface area (Å²) >= 11 is 0. The van der Waals surface area contributed by atoms with E-state index in [-0.39, 0.29) is 5.41 Å². The summed E-state index contributed by atoms with van der Waals surface area (Å²) in [6, 6.07) is 0. The largest absolute Gasteiger partial charge is 0.0949 e. The van der Waals surface area contributed by atoms with Crippen LogP contribution >= 0.6 is 0 Å². The summed E-state index contributed by atoms with van der Waals surface area (Å²) < 4.78 is 0. The van der Waals surface area contributed by atoms with E-state index in [1.165, 1.54) is 11.1 Å². The topological polar surface area (TPSA) is 0 Å². The van der Waals surface area contributed by atoms with E-state index in [0.29, 0.717) is 11.3 Å². The van der Waals surface area contributed by atoms with Gasteiger partial charge in [0.2, 0.25) is 0 Å². The van der Waals surface area contributed by atoms with Crippen molar-refractivity contribution >= 4 is 0 Å². The molecule has 0 N–H and O–H groups in total. The molecule has 0 aromatic heterocycles. The summed E-state index contributed by atoms with van der Waals surface area (Å²) in [5.74, 6) is 0.587. The van der Waals surface area contributed by atoms with Crippen molar-refractivity contribution in [3.8, 4) is 0 Å². The van der Waals surface area contributed by atoms with Gasteiger partial charge in [0.15, 0.2) is 0 Å². The Balaban J connectivity index is 3.24. The molecule has 1 rings (SSSR count). The molecule has 1 unspecified atom stereocenters. The normalized spacial score (nSPS) is 23.9. The first-order chi connectivity index (χ1) is 6.07. The van der Waals surface area contributed by atoms with Crippen LogP contribution in [0.15, 0.2) is 23.3 Å². The van der Waals surface area contributed by atoms with Crippen LogP contribution in [0, 0.1) is 16.7 Å². The predicted octanol–water partition coefficient (Wildman–Crippen LogP) is 4.58. The molecular weight excluding hydrogens is 168 g/mol. The number of hydrogen-bond acceptors (Lipinski definition) is 0. The molecule has 80 valence electrons. The summed E-state index contributed by atoms with van der Waals surface area (Å²) in [6.07, 6.45) is 0. The van der Waals surface area contributed by atoms with Gasteiger partial charge in [0.25, 0.3) is 0 Å². The van der Waals surface area contributed by atoms with Gasteiger partial charge >= 0.3 is 0 Å². The monoisotopic (exact) mass is 192 g/mol. The van der Waals surface area contributed by atoms with Gasteiger partial charge in [0.05, 0.1) is 0 Å². The maximum Gasteiger partial charge on any atom is 0.00282 e. The molecule has 0 spiro atoms. The van der Waals surface area contributed by atoms with Crippen LogP contribution in [0.4, 0.5) is 0 Å². The molecule has 0 saturated carbocycles. The molecule has 0 fully saturated rings. The summed E-state index contributed by atoms with van der Waals surface area (Å²) in [4.78, 5) is 0. The fourth-order valence-corrected chi connectivity index (χ4v) is 2.61. The highest BCUT2D eigenvalue weighted by Crippen LogP contribution is 2.54. The molecule has 1 atom stereocenters. The van der Waals surface area contributed by atoms with Gasteiger partial charge in [-0.3, -0.25) is 0 Å². The lowest BCUT2D eigenvalue weighted by Crippen LogP contribution is -2.34. The molecule has 1 aliphatic carbocycles. The van der Waals surface area contributed by atoms with Gasteiger partial charge in [-0.15, -0.1) is 0 Å². The molecule has 0 amide bonds. The van der Waals surface area contributed by atoms with E-state index in [1.807, 2.05) is 0 Å². The highest BCUT2D eigenvalue weighted by molar-refractivity contribution is 5.54. The SMILES string of the molecule is C=C1C(C(C)(C)C)=C(C(C)(C)C)C1C. The third-order valence-corrected chi connectivity index (χ3v) is 3.10. The Morgan fingerprint density at radius 1 is 0.929 bits per heavy atom. The van der Waals surface area contributed by atoms with E-state index in [9.17, 15) is 0 Å². The lowest BCUT2D eigenvalue weighted by atomic mass is 9.58. The van der Waals surface area contributed by atoms with Gasteiger partial charge in [-0.2, -0.15) is 0 Å². The van der Waals surface area contributed by atoms with Gasteiger partial charge in [-0.25, -0.2) is 0 Å². The highest BCUT2D eigenvalue weighted by atomic mass is 14.5. The van der Waals surface area contributed by atoms with Crippen molar-refractivity contribution in [3.05, 3.63) is 23.3 Å². The Morgan fingerprint density at radius 2 is 1.36 bits per heavy atom. The molecule has 0 radical (unpaired) electrons. The Bertz CT molecular complexity index is 289. The fourth-order valence-electron chi connectivity index (χ4n) is 2.61. The van der Waals surface area contributed by atoms with Crippen LogP contribution < -0.4 is 0 Å². The number of allylic oxidation sites excluding steroid dienone is 3. The van der Waals surface area contributed by atoms with E-state index in [0.717, 1.165) is 0 Å². The van der Waals surface area contributed by atoms with Crippen LogP contribution in [-0.4, -0.2) is 0 Å². The fraction of sp³-hybridized carbons (Fsp3) is 0.714. The van der Waals surface area contributed by atoms with Crippen molar-refractivity contribution in [2.75, 3.05) is 0 Å². The summed E-state index contributed by atoms with van der Waals surface area (Å²) in [6.45, 7) is 20.2. The lowest BCUT2D eigenvalue weighted by molar-refractivity contribution is 0.375. The van der Waals surface area contributed by atoms with Gasteiger partial charge in [0.1, 0.15) is 0 Å². The standard InChI is InChI=1S/C14H24/c1-9-10(2)12(14(6,7)8)11(9)13(3,4)5/h10H,1H2,2-8H3. The van der Waals surface area contributed by atoms with Crippen LogP contribution in [0.5, 0.6) is 0 Å². The quantitative estimate of drug-likeness (QED) is 0.527. The first-order valence-electron chi connectivity index (χ1n) is 5.51. The van der Waals surface area contributed by atoms with Crippen molar-refractivity contribution in [2.45, 2.75) is 48.5 Å².